The smallest absolute Gasteiger partial charge is 0.244 e. The number of imide groups is 1. The van der Waals surface area contributed by atoms with E-state index in [9.17, 15) is 14.4 Å². The van der Waals surface area contributed by atoms with Crippen molar-refractivity contribution < 1.29 is 14.4 Å². The molecule has 3 amide bonds. The van der Waals surface area contributed by atoms with Crippen LogP contribution in [0, 0.1) is 11.8 Å². The summed E-state index contributed by atoms with van der Waals surface area (Å²) in [6.07, 6.45) is 2.23. The number of carbonyl (C=O) groups is 3. The van der Waals surface area contributed by atoms with Gasteiger partial charge in [-0.15, -0.1) is 0 Å². The van der Waals surface area contributed by atoms with E-state index < -0.39 is 0 Å². The first kappa shape index (κ1) is 18.7. The van der Waals surface area contributed by atoms with Crippen molar-refractivity contribution >= 4 is 35.0 Å². The van der Waals surface area contributed by atoms with Crippen LogP contribution in [0.5, 0.6) is 0 Å². The Morgan fingerprint density at radius 2 is 1.64 bits per heavy atom. The summed E-state index contributed by atoms with van der Waals surface area (Å²) in [5, 5.41) is 3.28. The molecule has 1 N–H and O–H groups in total. The van der Waals surface area contributed by atoms with Crippen molar-refractivity contribution in [1.82, 2.24) is 4.90 Å². The SMILES string of the molecule is O=C(CN1C(=O)[C@@H]2CC[C@@H](c3ccccc3)C[C@H]2C1=O)Nc1ccc(Cl)cc1. The zero-order chi connectivity index (χ0) is 19.7. The largest absolute Gasteiger partial charge is 0.325 e. The number of hydrogen-bond acceptors (Lipinski definition) is 3. The molecule has 1 saturated carbocycles. The predicted molar refractivity (Wildman–Crippen MR) is 107 cm³/mol. The van der Waals surface area contributed by atoms with Gasteiger partial charge in [-0.1, -0.05) is 41.9 Å². The van der Waals surface area contributed by atoms with Gasteiger partial charge in [0, 0.05) is 10.7 Å². The zero-order valence-electron chi connectivity index (χ0n) is 15.3. The van der Waals surface area contributed by atoms with Crippen LogP contribution in [0.2, 0.25) is 5.02 Å². The number of anilines is 1. The van der Waals surface area contributed by atoms with Gasteiger partial charge in [0.15, 0.2) is 0 Å². The van der Waals surface area contributed by atoms with E-state index in [4.69, 9.17) is 11.6 Å². The van der Waals surface area contributed by atoms with Gasteiger partial charge in [0.25, 0.3) is 0 Å². The molecule has 2 aromatic rings. The summed E-state index contributed by atoms with van der Waals surface area (Å²) in [6.45, 7) is -0.247. The number of rotatable bonds is 4. The first-order valence-electron chi connectivity index (χ1n) is 9.48. The summed E-state index contributed by atoms with van der Waals surface area (Å²) in [5.41, 5.74) is 1.79. The van der Waals surface area contributed by atoms with Gasteiger partial charge in [0.1, 0.15) is 6.54 Å². The third kappa shape index (κ3) is 3.67. The molecular formula is C22H21ClN2O3. The number of carbonyl (C=O) groups excluding carboxylic acids is 3. The quantitative estimate of drug-likeness (QED) is 0.798. The molecule has 0 bridgehead atoms. The third-order valence-corrected chi connectivity index (χ3v) is 5.97. The van der Waals surface area contributed by atoms with Crippen molar-refractivity contribution in [3.63, 3.8) is 0 Å². The molecule has 5 nitrogen and oxygen atoms in total. The summed E-state index contributed by atoms with van der Waals surface area (Å²) in [5.74, 6) is -1.16. The van der Waals surface area contributed by atoms with Crippen LogP contribution in [0.25, 0.3) is 0 Å². The number of halogens is 1. The second-order valence-electron chi connectivity index (χ2n) is 7.45. The molecule has 144 valence electrons. The molecular weight excluding hydrogens is 376 g/mol. The van der Waals surface area contributed by atoms with Crippen LogP contribution in [0.3, 0.4) is 0 Å². The Labute approximate surface area is 168 Å². The van der Waals surface area contributed by atoms with Crippen LogP contribution in [-0.2, 0) is 14.4 Å². The zero-order valence-corrected chi connectivity index (χ0v) is 16.1. The van der Waals surface area contributed by atoms with Crippen LogP contribution in [0.1, 0.15) is 30.7 Å². The summed E-state index contributed by atoms with van der Waals surface area (Å²) in [4.78, 5) is 39.1. The Hall–Kier alpha value is -2.66. The van der Waals surface area contributed by atoms with Gasteiger partial charge in [-0.2, -0.15) is 0 Å². The molecule has 3 atom stereocenters. The van der Waals surface area contributed by atoms with Crippen molar-refractivity contribution in [3.8, 4) is 0 Å². The molecule has 1 heterocycles. The highest BCUT2D eigenvalue weighted by molar-refractivity contribution is 6.30. The standard InChI is InChI=1S/C22H21ClN2O3/c23-16-7-9-17(10-8-16)24-20(26)13-25-21(27)18-11-6-15(12-19(18)22(25)28)14-4-2-1-3-5-14/h1-5,7-10,15,18-19H,6,11-13H2,(H,24,26)/t15-,18-,19-/m1/s1. The molecule has 2 fully saturated rings. The fraction of sp³-hybridized carbons (Fsp3) is 0.318. The summed E-state index contributed by atoms with van der Waals surface area (Å²) >= 11 is 5.84. The van der Waals surface area contributed by atoms with Crippen LogP contribution in [-0.4, -0.2) is 29.2 Å². The predicted octanol–water partition coefficient (Wildman–Crippen LogP) is 3.85. The van der Waals surface area contributed by atoms with Gasteiger partial charge in [-0.25, -0.2) is 0 Å². The lowest BCUT2D eigenvalue weighted by atomic mass is 9.73. The Morgan fingerprint density at radius 1 is 0.964 bits per heavy atom. The average Bonchev–Trinajstić information content (AvgIpc) is 2.95. The molecule has 2 aromatic carbocycles. The number of amides is 3. The fourth-order valence-electron chi connectivity index (χ4n) is 4.31. The molecule has 6 heteroatoms. The first-order valence-corrected chi connectivity index (χ1v) is 9.86. The highest BCUT2D eigenvalue weighted by atomic mass is 35.5. The minimum Gasteiger partial charge on any atom is -0.325 e. The van der Waals surface area contributed by atoms with Gasteiger partial charge in [-0.05, 0) is 55.0 Å². The molecule has 1 saturated heterocycles. The molecule has 0 spiro atoms. The highest BCUT2D eigenvalue weighted by Crippen LogP contribution is 2.44. The molecule has 28 heavy (non-hydrogen) atoms. The molecule has 2 aliphatic rings. The van der Waals surface area contributed by atoms with Crippen molar-refractivity contribution in [1.29, 1.82) is 0 Å². The lowest BCUT2D eigenvalue weighted by molar-refractivity contribution is -0.142. The third-order valence-electron chi connectivity index (χ3n) is 5.72. The van der Waals surface area contributed by atoms with Gasteiger partial charge in [0.05, 0.1) is 11.8 Å². The second-order valence-corrected chi connectivity index (χ2v) is 7.89. The lowest BCUT2D eigenvalue weighted by Gasteiger charge is -2.28. The maximum absolute atomic E-state index is 12.9. The van der Waals surface area contributed by atoms with E-state index in [0.29, 0.717) is 23.6 Å². The van der Waals surface area contributed by atoms with E-state index in [2.05, 4.69) is 17.4 Å². The molecule has 0 radical (unpaired) electrons. The van der Waals surface area contributed by atoms with Crippen molar-refractivity contribution in [2.75, 3.05) is 11.9 Å². The topological polar surface area (TPSA) is 66.5 Å². The number of nitrogens with zero attached hydrogens (tertiary/aromatic N) is 1. The van der Waals surface area contributed by atoms with E-state index in [-0.39, 0.29) is 42.0 Å². The molecule has 0 unspecified atom stereocenters. The first-order chi connectivity index (χ1) is 13.5. The number of hydrogen-bond donors (Lipinski definition) is 1. The Bertz CT molecular complexity index is 898. The van der Waals surface area contributed by atoms with Gasteiger partial charge in [-0.3, -0.25) is 19.3 Å². The van der Waals surface area contributed by atoms with E-state index in [1.807, 2.05) is 18.2 Å². The van der Waals surface area contributed by atoms with Crippen LogP contribution in [0.15, 0.2) is 54.6 Å². The van der Waals surface area contributed by atoms with Crippen molar-refractivity contribution in [2.24, 2.45) is 11.8 Å². The minimum atomic E-state index is -0.387. The van der Waals surface area contributed by atoms with E-state index >= 15 is 0 Å². The molecule has 0 aromatic heterocycles. The lowest BCUT2D eigenvalue weighted by Crippen LogP contribution is -2.38. The molecule has 1 aliphatic carbocycles. The minimum absolute atomic E-state index is 0.215. The Balaban J connectivity index is 1.42. The average molecular weight is 397 g/mol. The van der Waals surface area contributed by atoms with E-state index in [1.165, 1.54) is 5.56 Å². The highest BCUT2D eigenvalue weighted by Gasteiger charge is 2.50. The van der Waals surface area contributed by atoms with Crippen molar-refractivity contribution in [3.05, 3.63) is 65.2 Å². The van der Waals surface area contributed by atoms with Gasteiger partial charge in [0.2, 0.25) is 17.7 Å². The van der Waals surface area contributed by atoms with E-state index in [0.717, 1.165) is 11.3 Å². The van der Waals surface area contributed by atoms with E-state index in [1.54, 1.807) is 24.3 Å². The number of likely N-dealkylation sites (tertiary alicyclic amines) is 1. The molecule has 1 aliphatic heterocycles. The van der Waals surface area contributed by atoms with Gasteiger partial charge >= 0.3 is 0 Å². The second kappa shape index (κ2) is 7.76. The molecule has 4 rings (SSSR count). The van der Waals surface area contributed by atoms with Crippen molar-refractivity contribution in [2.45, 2.75) is 25.2 Å². The summed E-state index contributed by atoms with van der Waals surface area (Å²) < 4.78 is 0. The Kier molecular flexibility index (Phi) is 5.18. The number of benzene rings is 2. The summed E-state index contributed by atoms with van der Waals surface area (Å²) in [7, 11) is 0. The fourth-order valence-corrected chi connectivity index (χ4v) is 4.44. The maximum Gasteiger partial charge on any atom is 0.244 e. The Morgan fingerprint density at radius 3 is 2.36 bits per heavy atom. The van der Waals surface area contributed by atoms with Crippen LogP contribution in [0.4, 0.5) is 5.69 Å². The van der Waals surface area contributed by atoms with Crippen LogP contribution < -0.4 is 5.32 Å². The maximum atomic E-state index is 12.9. The van der Waals surface area contributed by atoms with Gasteiger partial charge < -0.3 is 5.32 Å². The summed E-state index contributed by atoms with van der Waals surface area (Å²) in [6, 6.07) is 16.8. The number of fused-ring (bicyclic) bond motifs is 1. The normalized spacial score (nSPS) is 24.2. The monoisotopic (exact) mass is 396 g/mol. The van der Waals surface area contributed by atoms with Crippen LogP contribution >= 0.6 is 11.6 Å². The number of nitrogens with one attached hydrogen (secondary N) is 1.